The fraction of sp³-hybridized carbons (Fsp3) is 0.636. The maximum atomic E-state index is 13.0. The first-order chi connectivity index (χ1) is 15.3. The van der Waals surface area contributed by atoms with Crippen LogP contribution in [0.25, 0.3) is 0 Å². The van der Waals surface area contributed by atoms with Crippen molar-refractivity contribution in [1.29, 1.82) is 0 Å². The van der Waals surface area contributed by atoms with Gasteiger partial charge in [-0.25, -0.2) is 0 Å². The first-order valence-corrected chi connectivity index (χ1v) is 11.4. The standard InChI is InChI=1S/C22H32ClN4O5/c1-31-19-13-17(24)16(23)12-15(19)22(29)27(30)18-7-11-25(14-20(18)32-2)8-5-6-21(28)26-9-3-4-10-26/h12-13,18,20H,3-11,14,24H2,1-2H3/q-1/t18-,20+/m1/s1. The van der Waals surface area contributed by atoms with Gasteiger partial charge >= 0.3 is 0 Å². The van der Waals surface area contributed by atoms with Gasteiger partial charge in [0.05, 0.1) is 29.5 Å². The molecule has 2 aliphatic rings. The van der Waals surface area contributed by atoms with E-state index in [9.17, 15) is 14.8 Å². The number of hydrogen-bond acceptors (Lipinski definition) is 7. The summed E-state index contributed by atoms with van der Waals surface area (Å²) in [7, 11) is 2.94. The molecule has 0 spiro atoms. The molecule has 2 heterocycles. The van der Waals surface area contributed by atoms with Crippen molar-refractivity contribution >= 4 is 29.1 Å². The van der Waals surface area contributed by atoms with Crippen LogP contribution in [0.1, 0.15) is 42.5 Å². The minimum absolute atomic E-state index is 0.0689. The molecule has 0 aliphatic carbocycles. The van der Waals surface area contributed by atoms with Crippen LogP contribution >= 0.6 is 11.6 Å². The summed E-state index contributed by atoms with van der Waals surface area (Å²) in [6, 6.07) is 2.16. The number of nitrogen functional groups attached to an aromatic ring is 1. The predicted molar refractivity (Wildman–Crippen MR) is 123 cm³/mol. The van der Waals surface area contributed by atoms with Crippen LogP contribution in [0.15, 0.2) is 12.1 Å². The van der Waals surface area contributed by atoms with Crippen molar-refractivity contribution in [2.75, 3.05) is 52.7 Å². The van der Waals surface area contributed by atoms with Gasteiger partial charge in [-0.2, -0.15) is 0 Å². The molecule has 2 N–H and O–H groups in total. The summed E-state index contributed by atoms with van der Waals surface area (Å²) in [6.07, 6.45) is 3.51. The summed E-state index contributed by atoms with van der Waals surface area (Å²) >= 11 is 6.05. The van der Waals surface area contributed by atoms with Crippen LogP contribution in [0.3, 0.4) is 0 Å². The Balaban J connectivity index is 1.57. The highest BCUT2D eigenvalue weighted by Gasteiger charge is 2.33. The summed E-state index contributed by atoms with van der Waals surface area (Å²) < 4.78 is 10.8. The van der Waals surface area contributed by atoms with Crippen LogP contribution in [0.4, 0.5) is 5.69 Å². The summed E-state index contributed by atoms with van der Waals surface area (Å²) in [5.41, 5.74) is 6.11. The smallest absolute Gasteiger partial charge is 0.247 e. The zero-order chi connectivity index (χ0) is 23.3. The van der Waals surface area contributed by atoms with Gasteiger partial charge in [0.2, 0.25) is 11.8 Å². The van der Waals surface area contributed by atoms with E-state index in [-0.39, 0.29) is 27.9 Å². The van der Waals surface area contributed by atoms with Crippen molar-refractivity contribution in [3.63, 3.8) is 0 Å². The Morgan fingerprint density at radius 1 is 1.25 bits per heavy atom. The lowest BCUT2D eigenvalue weighted by Crippen LogP contribution is -2.54. The van der Waals surface area contributed by atoms with Crippen molar-refractivity contribution in [2.45, 2.75) is 44.2 Å². The molecule has 0 aromatic heterocycles. The van der Waals surface area contributed by atoms with Gasteiger partial charge in [-0.1, -0.05) is 11.6 Å². The molecule has 0 saturated carbocycles. The number of benzene rings is 1. The number of halogens is 1. The Kier molecular flexibility index (Phi) is 8.58. The van der Waals surface area contributed by atoms with Gasteiger partial charge in [0.15, 0.2) is 0 Å². The van der Waals surface area contributed by atoms with Gasteiger partial charge in [0.25, 0.3) is 0 Å². The highest BCUT2D eigenvalue weighted by Crippen LogP contribution is 2.31. The highest BCUT2D eigenvalue weighted by atomic mass is 35.5. The average molecular weight is 468 g/mol. The Labute approximate surface area is 193 Å². The zero-order valence-corrected chi connectivity index (χ0v) is 19.5. The molecule has 0 radical (unpaired) electrons. The molecule has 178 valence electrons. The summed E-state index contributed by atoms with van der Waals surface area (Å²) in [5, 5.41) is 13.6. The topological polar surface area (TPSA) is 111 Å². The molecule has 1 aromatic rings. The maximum absolute atomic E-state index is 13.0. The van der Waals surface area contributed by atoms with Crippen molar-refractivity contribution < 1.29 is 19.1 Å². The normalized spacial score (nSPS) is 21.6. The number of ether oxygens (including phenoxy) is 2. The Morgan fingerprint density at radius 2 is 1.97 bits per heavy atom. The third-order valence-electron chi connectivity index (χ3n) is 6.29. The predicted octanol–water partition coefficient (Wildman–Crippen LogP) is 2.36. The summed E-state index contributed by atoms with van der Waals surface area (Å²) in [5.74, 6) is -0.319. The van der Waals surface area contributed by atoms with E-state index in [1.807, 2.05) is 4.90 Å². The lowest BCUT2D eigenvalue weighted by Gasteiger charge is -2.46. The van der Waals surface area contributed by atoms with Gasteiger partial charge < -0.3 is 35.3 Å². The van der Waals surface area contributed by atoms with Crippen LogP contribution < -0.4 is 10.5 Å². The van der Waals surface area contributed by atoms with Crippen LogP contribution in [-0.2, 0) is 9.53 Å². The molecule has 0 unspecified atom stereocenters. The molecule has 2 amide bonds. The van der Waals surface area contributed by atoms with Crippen molar-refractivity contribution in [1.82, 2.24) is 14.9 Å². The first-order valence-electron chi connectivity index (χ1n) is 11.0. The molecule has 0 bridgehead atoms. The number of rotatable bonds is 8. The molecule has 10 heteroatoms. The van der Waals surface area contributed by atoms with E-state index in [0.29, 0.717) is 31.0 Å². The second kappa shape index (κ2) is 11.2. The minimum Gasteiger partial charge on any atom is -0.756 e. The number of nitrogens with zero attached hydrogens (tertiary/aromatic N) is 3. The molecule has 2 fully saturated rings. The lowest BCUT2D eigenvalue weighted by molar-refractivity contribution is -0.130. The number of methoxy groups -OCH3 is 2. The lowest BCUT2D eigenvalue weighted by atomic mass is 10.00. The molecule has 2 atom stereocenters. The molecule has 1 aromatic carbocycles. The molecular weight excluding hydrogens is 436 g/mol. The molecule has 32 heavy (non-hydrogen) atoms. The van der Waals surface area contributed by atoms with Crippen LogP contribution in [0.2, 0.25) is 5.02 Å². The van der Waals surface area contributed by atoms with E-state index in [0.717, 1.165) is 38.9 Å². The number of hydroxylamine groups is 2. The molecule has 9 nitrogen and oxygen atoms in total. The van der Waals surface area contributed by atoms with E-state index >= 15 is 0 Å². The Hall–Kier alpha value is -2.07. The van der Waals surface area contributed by atoms with Gasteiger partial charge in [0.1, 0.15) is 5.75 Å². The second-order valence-corrected chi connectivity index (χ2v) is 8.73. The van der Waals surface area contributed by atoms with Crippen molar-refractivity contribution in [2.24, 2.45) is 0 Å². The number of carbonyl (C=O) groups is 2. The van der Waals surface area contributed by atoms with Crippen LogP contribution in [-0.4, -0.2) is 85.8 Å². The van der Waals surface area contributed by atoms with Crippen LogP contribution in [0.5, 0.6) is 5.75 Å². The van der Waals surface area contributed by atoms with Gasteiger partial charge in [0, 0.05) is 51.8 Å². The fourth-order valence-corrected chi connectivity index (χ4v) is 4.59. The number of likely N-dealkylation sites (tertiary alicyclic amines) is 2. The van der Waals surface area contributed by atoms with Crippen molar-refractivity contribution in [3.8, 4) is 5.75 Å². The van der Waals surface area contributed by atoms with E-state index in [4.69, 9.17) is 26.8 Å². The Bertz CT molecular complexity index is 818. The second-order valence-electron chi connectivity index (χ2n) is 8.33. The number of piperidine rings is 1. The first kappa shape index (κ1) is 24.6. The number of anilines is 1. The summed E-state index contributed by atoms with van der Waals surface area (Å²) in [4.78, 5) is 29.3. The fourth-order valence-electron chi connectivity index (χ4n) is 4.42. The molecular formula is C22H32ClN4O5-. The largest absolute Gasteiger partial charge is 0.756 e. The minimum atomic E-state index is -0.736. The van der Waals surface area contributed by atoms with E-state index in [1.165, 1.54) is 26.4 Å². The number of hydrogen-bond donors (Lipinski definition) is 1. The number of amides is 2. The third-order valence-corrected chi connectivity index (χ3v) is 6.61. The highest BCUT2D eigenvalue weighted by molar-refractivity contribution is 6.33. The van der Waals surface area contributed by atoms with Crippen molar-refractivity contribution in [3.05, 3.63) is 27.9 Å². The quantitative estimate of drug-likeness (QED) is 0.461. The number of carbonyl (C=O) groups excluding carboxylic acids is 2. The van der Waals surface area contributed by atoms with Gasteiger partial charge in [-0.3, -0.25) is 9.59 Å². The summed E-state index contributed by atoms with van der Waals surface area (Å²) in [6.45, 7) is 3.65. The number of nitrogens with two attached hydrogens (primary N) is 1. The van der Waals surface area contributed by atoms with E-state index in [1.54, 1.807) is 0 Å². The molecule has 2 aliphatic heterocycles. The molecule has 3 rings (SSSR count). The monoisotopic (exact) mass is 467 g/mol. The van der Waals surface area contributed by atoms with Gasteiger partial charge in [-0.05, 0) is 38.3 Å². The van der Waals surface area contributed by atoms with E-state index < -0.39 is 18.1 Å². The molecule has 2 saturated heterocycles. The average Bonchev–Trinajstić information content (AvgIpc) is 3.34. The van der Waals surface area contributed by atoms with Gasteiger partial charge in [-0.15, -0.1) is 0 Å². The third kappa shape index (κ3) is 5.64. The van der Waals surface area contributed by atoms with E-state index in [2.05, 4.69) is 4.90 Å². The SMILES string of the molecule is COc1cc(N)c(Cl)cc1C(=O)N([O-])[C@@H]1CCN(CCCC(=O)N2CCCC2)C[C@@H]1OC. The Morgan fingerprint density at radius 3 is 2.62 bits per heavy atom. The maximum Gasteiger partial charge on any atom is 0.247 e. The zero-order valence-electron chi connectivity index (χ0n) is 18.7. The van der Waals surface area contributed by atoms with Crippen LogP contribution in [0, 0.1) is 5.21 Å².